The number of methoxy groups -OCH3 is 1. The Hall–Kier alpha value is -0.120. The minimum Gasteiger partial charge on any atom is -0.380 e. The van der Waals surface area contributed by atoms with Crippen LogP contribution in [0.5, 0.6) is 0 Å². The van der Waals surface area contributed by atoms with E-state index in [1.54, 1.807) is 7.11 Å². The molecule has 0 aliphatic rings. The van der Waals surface area contributed by atoms with Crippen molar-refractivity contribution in [2.24, 2.45) is 0 Å². The number of nitrogens with zero attached hydrogens (tertiary/aromatic N) is 1. The van der Waals surface area contributed by atoms with Crippen molar-refractivity contribution in [3.63, 3.8) is 0 Å². The van der Waals surface area contributed by atoms with Crippen molar-refractivity contribution < 1.29 is 4.74 Å². The lowest BCUT2D eigenvalue weighted by molar-refractivity contribution is 0.114. The van der Waals surface area contributed by atoms with Crippen molar-refractivity contribution in [3.05, 3.63) is 0 Å². The summed E-state index contributed by atoms with van der Waals surface area (Å²) in [7, 11) is 1.76. The van der Waals surface area contributed by atoms with E-state index in [1.807, 2.05) is 0 Å². The van der Waals surface area contributed by atoms with E-state index in [1.165, 1.54) is 32.5 Å². The Bertz CT molecular complexity index is 149. The van der Waals surface area contributed by atoms with Crippen molar-refractivity contribution in [2.75, 3.05) is 33.3 Å². The molecule has 0 radical (unpaired) electrons. The molecular weight excluding hydrogens is 200 g/mol. The van der Waals surface area contributed by atoms with E-state index in [2.05, 4.69) is 37.9 Å². The maximum Gasteiger partial charge on any atom is 0.0667 e. The molecular formula is C13H30N2O. The molecule has 0 amide bonds. The second kappa shape index (κ2) is 10.1. The average Bonchev–Trinajstić information content (AvgIpc) is 2.31. The molecule has 0 aliphatic heterocycles. The normalized spacial score (nSPS) is 15.4. The SMILES string of the molecule is CCN(CC)CCCC(C)NCC(C)OC. The molecule has 0 saturated heterocycles. The van der Waals surface area contributed by atoms with Crippen molar-refractivity contribution in [1.29, 1.82) is 0 Å². The Morgan fingerprint density at radius 1 is 1.19 bits per heavy atom. The average molecular weight is 230 g/mol. The fourth-order valence-electron chi connectivity index (χ4n) is 1.71. The van der Waals surface area contributed by atoms with Gasteiger partial charge in [0, 0.05) is 19.7 Å². The summed E-state index contributed by atoms with van der Waals surface area (Å²) in [5, 5.41) is 3.50. The van der Waals surface area contributed by atoms with E-state index in [0.29, 0.717) is 12.1 Å². The highest BCUT2D eigenvalue weighted by molar-refractivity contribution is 4.65. The highest BCUT2D eigenvalue weighted by Gasteiger charge is 2.05. The summed E-state index contributed by atoms with van der Waals surface area (Å²) in [6.45, 7) is 13.3. The van der Waals surface area contributed by atoms with Crippen LogP contribution in [0.4, 0.5) is 0 Å². The van der Waals surface area contributed by atoms with Gasteiger partial charge in [-0.2, -0.15) is 0 Å². The molecule has 0 saturated carbocycles. The van der Waals surface area contributed by atoms with Gasteiger partial charge in [-0.25, -0.2) is 0 Å². The predicted molar refractivity (Wildman–Crippen MR) is 71.0 cm³/mol. The quantitative estimate of drug-likeness (QED) is 0.622. The van der Waals surface area contributed by atoms with Crippen LogP contribution in [0.2, 0.25) is 0 Å². The third-order valence-corrected chi connectivity index (χ3v) is 3.16. The first-order valence-corrected chi connectivity index (χ1v) is 6.62. The van der Waals surface area contributed by atoms with Crippen LogP contribution in [-0.4, -0.2) is 50.3 Å². The van der Waals surface area contributed by atoms with Gasteiger partial charge < -0.3 is 15.0 Å². The maximum atomic E-state index is 5.21. The predicted octanol–water partition coefficient (Wildman–Crippen LogP) is 2.12. The number of hydrogen-bond donors (Lipinski definition) is 1. The third kappa shape index (κ3) is 8.08. The van der Waals surface area contributed by atoms with Crippen LogP contribution in [0.3, 0.4) is 0 Å². The molecule has 3 nitrogen and oxygen atoms in total. The van der Waals surface area contributed by atoms with Crippen molar-refractivity contribution in [3.8, 4) is 0 Å². The highest BCUT2D eigenvalue weighted by Crippen LogP contribution is 2.00. The zero-order valence-electron chi connectivity index (χ0n) is 11.8. The lowest BCUT2D eigenvalue weighted by atomic mass is 10.1. The van der Waals surface area contributed by atoms with E-state index in [0.717, 1.165) is 6.54 Å². The zero-order valence-corrected chi connectivity index (χ0v) is 11.8. The van der Waals surface area contributed by atoms with Crippen LogP contribution in [0.15, 0.2) is 0 Å². The molecule has 2 unspecified atom stereocenters. The molecule has 0 aromatic carbocycles. The molecule has 0 spiro atoms. The first-order chi connectivity index (χ1) is 7.63. The number of rotatable bonds is 10. The molecule has 0 rings (SSSR count). The fourth-order valence-corrected chi connectivity index (χ4v) is 1.71. The van der Waals surface area contributed by atoms with Crippen LogP contribution < -0.4 is 5.32 Å². The molecule has 16 heavy (non-hydrogen) atoms. The number of nitrogens with one attached hydrogen (secondary N) is 1. The summed E-state index contributed by atoms with van der Waals surface area (Å²) < 4.78 is 5.21. The molecule has 0 fully saturated rings. The van der Waals surface area contributed by atoms with Crippen LogP contribution in [0.1, 0.15) is 40.5 Å². The maximum absolute atomic E-state index is 5.21. The third-order valence-electron chi connectivity index (χ3n) is 3.16. The van der Waals surface area contributed by atoms with Gasteiger partial charge in [-0.05, 0) is 46.3 Å². The van der Waals surface area contributed by atoms with Gasteiger partial charge in [0.05, 0.1) is 6.10 Å². The van der Waals surface area contributed by atoms with E-state index < -0.39 is 0 Å². The first kappa shape index (κ1) is 15.9. The number of ether oxygens (including phenoxy) is 1. The van der Waals surface area contributed by atoms with Crippen LogP contribution in [-0.2, 0) is 4.74 Å². The Kier molecular flexibility index (Phi) is 9.99. The molecule has 0 aliphatic carbocycles. The summed E-state index contributed by atoms with van der Waals surface area (Å²) in [5.41, 5.74) is 0. The second-order valence-corrected chi connectivity index (χ2v) is 4.52. The van der Waals surface area contributed by atoms with E-state index in [9.17, 15) is 0 Å². The Morgan fingerprint density at radius 3 is 2.31 bits per heavy atom. The molecule has 98 valence electrons. The van der Waals surface area contributed by atoms with Gasteiger partial charge in [-0.15, -0.1) is 0 Å². The Balaban J connectivity index is 3.46. The topological polar surface area (TPSA) is 24.5 Å². The van der Waals surface area contributed by atoms with Gasteiger partial charge >= 0.3 is 0 Å². The lowest BCUT2D eigenvalue weighted by Crippen LogP contribution is -2.34. The zero-order chi connectivity index (χ0) is 12.4. The molecule has 0 aromatic heterocycles. The van der Waals surface area contributed by atoms with Gasteiger partial charge in [0.25, 0.3) is 0 Å². The first-order valence-electron chi connectivity index (χ1n) is 6.62. The van der Waals surface area contributed by atoms with Gasteiger partial charge in [-0.3, -0.25) is 0 Å². The van der Waals surface area contributed by atoms with Gasteiger partial charge in [0.2, 0.25) is 0 Å². The van der Waals surface area contributed by atoms with Crippen LogP contribution in [0.25, 0.3) is 0 Å². The second-order valence-electron chi connectivity index (χ2n) is 4.52. The monoisotopic (exact) mass is 230 g/mol. The minimum atomic E-state index is 0.310. The summed E-state index contributed by atoms with van der Waals surface area (Å²) in [5.74, 6) is 0. The van der Waals surface area contributed by atoms with Crippen molar-refractivity contribution in [1.82, 2.24) is 10.2 Å². The molecule has 1 N–H and O–H groups in total. The van der Waals surface area contributed by atoms with Crippen molar-refractivity contribution in [2.45, 2.75) is 52.7 Å². The van der Waals surface area contributed by atoms with Crippen LogP contribution >= 0.6 is 0 Å². The molecule has 3 heteroatoms. The van der Waals surface area contributed by atoms with E-state index >= 15 is 0 Å². The van der Waals surface area contributed by atoms with Crippen molar-refractivity contribution >= 4 is 0 Å². The van der Waals surface area contributed by atoms with Gasteiger partial charge in [0.1, 0.15) is 0 Å². The Morgan fingerprint density at radius 2 is 1.81 bits per heavy atom. The smallest absolute Gasteiger partial charge is 0.0667 e. The van der Waals surface area contributed by atoms with Crippen LogP contribution in [0, 0.1) is 0 Å². The van der Waals surface area contributed by atoms with E-state index in [-0.39, 0.29) is 0 Å². The minimum absolute atomic E-state index is 0.310. The fraction of sp³-hybridized carbons (Fsp3) is 1.00. The molecule has 0 bridgehead atoms. The largest absolute Gasteiger partial charge is 0.380 e. The molecule has 0 heterocycles. The highest BCUT2D eigenvalue weighted by atomic mass is 16.5. The van der Waals surface area contributed by atoms with Gasteiger partial charge in [0.15, 0.2) is 0 Å². The van der Waals surface area contributed by atoms with Gasteiger partial charge in [-0.1, -0.05) is 13.8 Å². The number of hydrogen-bond acceptors (Lipinski definition) is 3. The molecule has 2 atom stereocenters. The Labute approximate surface area is 102 Å². The lowest BCUT2D eigenvalue weighted by Gasteiger charge is -2.20. The van der Waals surface area contributed by atoms with E-state index in [4.69, 9.17) is 4.74 Å². The standard InChI is InChI=1S/C13H30N2O/c1-6-15(7-2)10-8-9-12(3)14-11-13(4)16-5/h12-14H,6-11H2,1-5H3. The summed E-state index contributed by atoms with van der Waals surface area (Å²) >= 11 is 0. The summed E-state index contributed by atoms with van der Waals surface area (Å²) in [4.78, 5) is 2.48. The molecule has 0 aromatic rings. The summed E-state index contributed by atoms with van der Waals surface area (Å²) in [6.07, 6.45) is 2.83. The summed E-state index contributed by atoms with van der Waals surface area (Å²) in [6, 6.07) is 0.591.